The summed E-state index contributed by atoms with van der Waals surface area (Å²) in [5.74, 6) is -0.909. The molecular weight excluding hydrogens is 260 g/mol. The normalized spacial score (nSPS) is 10.2. The summed E-state index contributed by atoms with van der Waals surface area (Å²) in [7, 11) is 0. The average Bonchev–Trinajstić information content (AvgIpc) is 2.78. The van der Waals surface area contributed by atoms with Crippen molar-refractivity contribution < 1.29 is 9.59 Å². The second-order valence-electron chi connectivity index (χ2n) is 3.20. The number of hydrogen-bond acceptors (Lipinski definition) is 4. The van der Waals surface area contributed by atoms with Gasteiger partial charge in [0, 0.05) is 5.56 Å². The summed E-state index contributed by atoms with van der Waals surface area (Å²) in [4.78, 5) is 27.0. The van der Waals surface area contributed by atoms with Crippen LogP contribution in [0, 0.1) is 0 Å². The van der Waals surface area contributed by atoms with Crippen molar-refractivity contribution in [2.24, 2.45) is 5.73 Å². The first-order valence-corrected chi connectivity index (χ1v) is 5.84. The molecule has 1 heterocycles. The van der Waals surface area contributed by atoms with E-state index in [1.165, 1.54) is 6.20 Å². The third-order valence-electron chi connectivity index (χ3n) is 2.06. The van der Waals surface area contributed by atoms with Crippen molar-refractivity contribution in [2.75, 3.05) is 0 Å². The predicted molar refractivity (Wildman–Crippen MR) is 65.5 cm³/mol. The van der Waals surface area contributed by atoms with Gasteiger partial charge in [-0.25, -0.2) is 4.98 Å². The number of carbonyl (C=O) groups is 2. The second-order valence-corrected chi connectivity index (χ2v) is 4.64. The Morgan fingerprint density at radius 1 is 1.29 bits per heavy atom. The molecule has 0 spiro atoms. The number of hydrogen-bond donors (Lipinski definition) is 1. The van der Waals surface area contributed by atoms with E-state index in [2.05, 4.69) is 4.98 Å². The zero-order valence-corrected chi connectivity index (χ0v) is 10.1. The predicted octanol–water partition coefficient (Wildman–Crippen LogP) is 2.13. The van der Waals surface area contributed by atoms with Crippen LogP contribution in [0.3, 0.4) is 0 Å². The molecule has 0 atom stereocenters. The summed E-state index contributed by atoms with van der Waals surface area (Å²) >= 11 is 6.87. The zero-order chi connectivity index (χ0) is 12.4. The summed E-state index contributed by atoms with van der Waals surface area (Å²) < 4.78 is 0. The van der Waals surface area contributed by atoms with Crippen LogP contribution in [0.2, 0.25) is 5.02 Å². The average molecular weight is 267 g/mol. The van der Waals surface area contributed by atoms with Crippen LogP contribution in [0.15, 0.2) is 30.5 Å². The lowest BCUT2D eigenvalue weighted by Gasteiger charge is -1.99. The highest BCUT2D eigenvalue weighted by Gasteiger charge is 2.16. The Balaban J connectivity index is 2.37. The topological polar surface area (TPSA) is 73.1 Å². The van der Waals surface area contributed by atoms with Gasteiger partial charge in [0.2, 0.25) is 5.78 Å². The lowest BCUT2D eigenvalue weighted by molar-refractivity contribution is 0.0998. The lowest BCUT2D eigenvalue weighted by atomic mass is 10.1. The first kappa shape index (κ1) is 11.8. The maximum atomic E-state index is 12.0. The Morgan fingerprint density at radius 3 is 2.59 bits per heavy atom. The molecule has 86 valence electrons. The fourth-order valence-electron chi connectivity index (χ4n) is 1.27. The van der Waals surface area contributed by atoms with E-state index in [0.717, 1.165) is 11.3 Å². The quantitative estimate of drug-likeness (QED) is 0.865. The molecule has 2 N–H and O–H groups in total. The molecule has 0 aliphatic rings. The van der Waals surface area contributed by atoms with E-state index in [1.807, 2.05) is 0 Å². The van der Waals surface area contributed by atoms with Crippen LogP contribution in [-0.2, 0) is 0 Å². The Hall–Kier alpha value is -1.72. The molecule has 0 aliphatic heterocycles. The van der Waals surface area contributed by atoms with Crippen molar-refractivity contribution in [1.29, 1.82) is 0 Å². The van der Waals surface area contributed by atoms with Gasteiger partial charge in [0.05, 0.1) is 16.1 Å². The van der Waals surface area contributed by atoms with Crippen molar-refractivity contribution in [3.05, 3.63) is 50.9 Å². The summed E-state index contributed by atoms with van der Waals surface area (Å²) in [5.41, 5.74) is 5.45. The van der Waals surface area contributed by atoms with Crippen LogP contribution in [-0.4, -0.2) is 16.7 Å². The highest BCUT2D eigenvalue weighted by Crippen LogP contribution is 2.22. The molecular formula is C11H7ClN2O2S. The number of primary amides is 1. The van der Waals surface area contributed by atoms with Gasteiger partial charge >= 0.3 is 0 Å². The van der Waals surface area contributed by atoms with Crippen LogP contribution in [0.1, 0.15) is 25.0 Å². The number of nitrogens with two attached hydrogens (primary N) is 1. The molecule has 0 bridgehead atoms. The lowest BCUT2D eigenvalue weighted by Crippen LogP contribution is -2.09. The van der Waals surface area contributed by atoms with Crippen LogP contribution >= 0.6 is 22.9 Å². The maximum absolute atomic E-state index is 12.0. The number of carbonyl (C=O) groups excluding carboxylic acids is 2. The van der Waals surface area contributed by atoms with Crippen molar-refractivity contribution in [1.82, 2.24) is 4.98 Å². The van der Waals surface area contributed by atoms with Crippen molar-refractivity contribution in [3.8, 4) is 0 Å². The van der Waals surface area contributed by atoms with Gasteiger partial charge in [0.1, 0.15) is 0 Å². The van der Waals surface area contributed by atoms with E-state index < -0.39 is 5.91 Å². The molecule has 1 aromatic heterocycles. The van der Waals surface area contributed by atoms with E-state index in [1.54, 1.807) is 24.3 Å². The zero-order valence-electron chi connectivity index (χ0n) is 8.51. The van der Waals surface area contributed by atoms with E-state index >= 15 is 0 Å². The Bertz CT molecular complexity index is 595. The van der Waals surface area contributed by atoms with Gasteiger partial charge in [-0.15, -0.1) is 11.3 Å². The molecule has 0 fully saturated rings. The molecule has 2 aromatic rings. The largest absolute Gasteiger partial charge is 0.364 e. The Labute approximate surface area is 106 Å². The van der Waals surface area contributed by atoms with E-state index in [-0.39, 0.29) is 10.8 Å². The van der Waals surface area contributed by atoms with Crippen LogP contribution < -0.4 is 5.73 Å². The molecule has 0 radical (unpaired) electrons. The monoisotopic (exact) mass is 266 g/mol. The molecule has 0 unspecified atom stereocenters. The molecule has 2 rings (SSSR count). The number of thiazole rings is 1. The highest BCUT2D eigenvalue weighted by molar-refractivity contribution is 7.15. The number of benzene rings is 1. The number of rotatable bonds is 3. The van der Waals surface area contributed by atoms with E-state index in [9.17, 15) is 9.59 Å². The number of aromatic nitrogens is 1. The fraction of sp³-hybridized carbons (Fsp3) is 0. The van der Waals surface area contributed by atoms with Crippen molar-refractivity contribution in [2.45, 2.75) is 0 Å². The molecule has 0 saturated heterocycles. The van der Waals surface area contributed by atoms with Gasteiger partial charge in [0.15, 0.2) is 5.01 Å². The molecule has 1 amide bonds. The second kappa shape index (κ2) is 4.65. The molecule has 6 heteroatoms. The van der Waals surface area contributed by atoms with Crippen LogP contribution in [0.4, 0.5) is 0 Å². The van der Waals surface area contributed by atoms with Gasteiger partial charge < -0.3 is 5.73 Å². The minimum atomic E-state index is -0.645. The summed E-state index contributed by atoms with van der Waals surface area (Å²) in [6, 6.07) is 6.70. The number of ketones is 1. The molecule has 17 heavy (non-hydrogen) atoms. The minimum absolute atomic E-state index is 0.111. The SMILES string of the molecule is NC(=O)c1ncc(C(=O)c2ccccc2Cl)s1. The van der Waals surface area contributed by atoms with Gasteiger partial charge in [-0.1, -0.05) is 23.7 Å². The molecule has 4 nitrogen and oxygen atoms in total. The van der Waals surface area contributed by atoms with Crippen LogP contribution in [0.25, 0.3) is 0 Å². The fourth-order valence-corrected chi connectivity index (χ4v) is 2.22. The highest BCUT2D eigenvalue weighted by atomic mass is 35.5. The maximum Gasteiger partial charge on any atom is 0.277 e. The molecule has 1 aromatic carbocycles. The van der Waals surface area contributed by atoms with Gasteiger partial charge in [-0.3, -0.25) is 9.59 Å². The smallest absolute Gasteiger partial charge is 0.277 e. The van der Waals surface area contributed by atoms with Gasteiger partial charge in [-0.2, -0.15) is 0 Å². The summed E-state index contributed by atoms with van der Waals surface area (Å²) in [6.45, 7) is 0. The first-order chi connectivity index (χ1) is 8.09. The Morgan fingerprint density at radius 2 is 2.00 bits per heavy atom. The third kappa shape index (κ3) is 2.35. The van der Waals surface area contributed by atoms with Crippen LogP contribution in [0.5, 0.6) is 0 Å². The third-order valence-corrected chi connectivity index (χ3v) is 3.40. The standard InChI is InChI=1S/C11H7ClN2O2S/c12-7-4-2-1-3-6(7)9(15)8-5-14-11(17-8)10(13)16/h1-5H,(H2,13,16). The van der Waals surface area contributed by atoms with Crippen molar-refractivity contribution >= 4 is 34.6 Å². The number of halogens is 1. The van der Waals surface area contributed by atoms with Crippen molar-refractivity contribution in [3.63, 3.8) is 0 Å². The van der Waals surface area contributed by atoms with E-state index in [0.29, 0.717) is 15.5 Å². The molecule has 0 saturated carbocycles. The summed E-state index contributed by atoms with van der Waals surface area (Å²) in [5, 5.41) is 0.479. The van der Waals surface area contributed by atoms with Gasteiger partial charge in [-0.05, 0) is 12.1 Å². The number of amides is 1. The Kier molecular flexibility index (Phi) is 3.21. The summed E-state index contributed by atoms with van der Waals surface area (Å²) in [6.07, 6.45) is 1.33. The first-order valence-electron chi connectivity index (χ1n) is 4.64. The van der Waals surface area contributed by atoms with Gasteiger partial charge in [0.25, 0.3) is 5.91 Å². The van der Waals surface area contributed by atoms with E-state index in [4.69, 9.17) is 17.3 Å². The molecule has 0 aliphatic carbocycles. The minimum Gasteiger partial charge on any atom is -0.364 e. The number of nitrogens with zero attached hydrogens (tertiary/aromatic N) is 1.